The molecule has 0 radical (unpaired) electrons. The molecule has 0 unspecified atom stereocenters. The lowest BCUT2D eigenvalue weighted by Crippen LogP contribution is -2.37. The van der Waals surface area contributed by atoms with E-state index in [-0.39, 0.29) is 11.3 Å². The molecule has 0 saturated carbocycles. The van der Waals surface area contributed by atoms with Gasteiger partial charge in [0.05, 0.1) is 6.54 Å². The minimum atomic E-state index is -0.361. The summed E-state index contributed by atoms with van der Waals surface area (Å²) in [5.74, 6) is 0.775. The predicted molar refractivity (Wildman–Crippen MR) is 69.4 cm³/mol. The molecule has 0 bridgehead atoms. The highest BCUT2D eigenvalue weighted by Gasteiger charge is 2.20. The Labute approximate surface area is 107 Å². The first kappa shape index (κ1) is 13.8. The molecule has 0 saturated heterocycles. The quantitative estimate of drug-likeness (QED) is 0.841. The molecule has 0 heterocycles. The van der Waals surface area contributed by atoms with Gasteiger partial charge in [-0.05, 0) is 24.3 Å². The molecular formula is C13H18ClNO2. The van der Waals surface area contributed by atoms with Gasteiger partial charge in [-0.25, -0.2) is 0 Å². The number of carbonyl (C=O) groups excluding carboxylic acids is 1. The van der Waals surface area contributed by atoms with Crippen LogP contribution in [0, 0.1) is 5.41 Å². The number of hydrogen-bond donors (Lipinski definition) is 1. The van der Waals surface area contributed by atoms with Crippen LogP contribution in [0.1, 0.15) is 20.8 Å². The lowest BCUT2D eigenvalue weighted by molar-refractivity contribution is -0.128. The van der Waals surface area contributed by atoms with Gasteiger partial charge in [0.15, 0.2) is 0 Å². The van der Waals surface area contributed by atoms with E-state index < -0.39 is 0 Å². The van der Waals surface area contributed by atoms with Gasteiger partial charge in [-0.1, -0.05) is 32.4 Å². The predicted octanol–water partition coefficient (Wildman–Crippen LogP) is 2.88. The molecule has 0 aromatic heterocycles. The Bertz CT molecular complexity index is 368. The van der Waals surface area contributed by atoms with Gasteiger partial charge in [0, 0.05) is 10.4 Å². The summed E-state index contributed by atoms with van der Waals surface area (Å²) in [6.07, 6.45) is 0. The standard InChI is InChI=1S/C13H18ClNO2/c1-13(2,3)12(16)15-8-9-17-11-6-4-10(14)5-7-11/h4-7H,8-9H2,1-3H3,(H,15,16). The van der Waals surface area contributed by atoms with E-state index in [1.165, 1.54) is 0 Å². The van der Waals surface area contributed by atoms with Crippen molar-refractivity contribution >= 4 is 17.5 Å². The fourth-order valence-electron chi connectivity index (χ4n) is 1.13. The normalized spacial score (nSPS) is 11.1. The van der Waals surface area contributed by atoms with E-state index in [1.54, 1.807) is 24.3 Å². The Kier molecular flexibility index (Phi) is 4.82. The van der Waals surface area contributed by atoms with Gasteiger partial charge < -0.3 is 10.1 Å². The minimum absolute atomic E-state index is 0.0252. The molecule has 94 valence electrons. The molecule has 1 N–H and O–H groups in total. The number of rotatable bonds is 4. The largest absolute Gasteiger partial charge is 0.492 e. The van der Waals surface area contributed by atoms with E-state index in [0.29, 0.717) is 18.2 Å². The molecule has 1 aromatic rings. The van der Waals surface area contributed by atoms with E-state index in [4.69, 9.17) is 16.3 Å². The number of benzene rings is 1. The molecule has 0 atom stereocenters. The van der Waals surface area contributed by atoms with Gasteiger partial charge >= 0.3 is 0 Å². The Morgan fingerprint density at radius 2 is 1.88 bits per heavy atom. The molecule has 0 spiro atoms. The van der Waals surface area contributed by atoms with Crippen molar-refractivity contribution in [3.63, 3.8) is 0 Å². The van der Waals surface area contributed by atoms with Crippen LogP contribution in [0.15, 0.2) is 24.3 Å². The van der Waals surface area contributed by atoms with Crippen molar-refractivity contribution in [1.29, 1.82) is 0 Å². The third-order valence-electron chi connectivity index (χ3n) is 2.15. The fraction of sp³-hybridized carbons (Fsp3) is 0.462. The van der Waals surface area contributed by atoms with E-state index in [0.717, 1.165) is 5.75 Å². The van der Waals surface area contributed by atoms with Crippen LogP contribution >= 0.6 is 11.6 Å². The Hall–Kier alpha value is -1.22. The maximum Gasteiger partial charge on any atom is 0.225 e. The summed E-state index contributed by atoms with van der Waals surface area (Å²) in [5.41, 5.74) is -0.361. The molecule has 0 fully saturated rings. The van der Waals surface area contributed by atoms with Crippen molar-refractivity contribution in [3.8, 4) is 5.75 Å². The molecule has 17 heavy (non-hydrogen) atoms. The Morgan fingerprint density at radius 3 is 2.41 bits per heavy atom. The smallest absolute Gasteiger partial charge is 0.225 e. The molecule has 0 aliphatic carbocycles. The zero-order valence-electron chi connectivity index (χ0n) is 10.4. The first-order valence-electron chi connectivity index (χ1n) is 5.56. The number of hydrogen-bond acceptors (Lipinski definition) is 2. The zero-order chi connectivity index (χ0) is 12.9. The minimum Gasteiger partial charge on any atom is -0.492 e. The van der Waals surface area contributed by atoms with E-state index >= 15 is 0 Å². The summed E-state index contributed by atoms with van der Waals surface area (Å²) in [5, 5.41) is 3.49. The first-order valence-corrected chi connectivity index (χ1v) is 5.94. The van der Waals surface area contributed by atoms with Crippen LogP contribution < -0.4 is 10.1 Å². The SMILES string of the molecule is CC(C)(C)C(=O)NCCOc1ccc(Cl)cc1. The number of ether oxygens (including phenoxy) is 1. The summed E-state index contributed by atoms with van der Waals surface area (Å²) < 4.78 is 5.45. The van der Waals surface area contributed by atoms with Crippen LogP contribution in [0.2, 0.25) is 5.02 Å². The molecule has 3 nitrogen and oxygen atoms in total. The summed E-state index contributed by atoms with van der Waals surface area (Å²) in [7, 11) is 0. The molecule has 1 rings (SSSR count). The maximum absolute atomic E-state index is 11.5. The third kappa shape index (κ3) is 5.09. The van der Waals surface area contributed by atoms with Crippen LogP contribution in [0.25, 0.3) is 0 Å². The average molecular weight is 256 g/mol. The Balaban J connectivity index is 2.25. The summed E-state index contributed by atoms with van der Waals surface area (Å²) in [4.78, 5) is 11.5. The summed E-state index contributed by atoms with van der Waals surface area (Å²) in [6, 6.07) is 7.14. The highest BCUT2D eigenvalue weighted by atomic mass is 35.5. The summed E-state index contributed by atoms with van der Waals surface area (Å²) >= 11 is 5.75. The molecule has 0 aliphatic rings. The highest BCUT2D eigenvalue weighted by Crippen LogP contribution is 2.15. The molecule has 1 amide bonds. The summed E-state index contributed by atoms with van der Waals surface area (Å²) in [6.45, 7) is 6.58. The average Bonchev–Trinajstić information content (AvgIpc) is 2.25. The van der Waals surface area contributed by atoms with Gasteiger partial charge in [-0.15, -0.1) is 0 Å². The number of halogens is 1. The van der Waals surface area contributed by atoms with Gasteiger partial charge in [0.1, 0.15) is 12.4 Å². The van der Waals surface area contributed by atoms with Crippen LogP contribution in [-0.2, 0) is 4.79 Å². The van der Waals surface area contributed by atoms with Gasteiger partial charge in [-0.3, -0.25) is 4.79 Å². The van der Waals surface area contributed by atoms with E-state index in [1.807, 2.05) is 20.8 Å². The monoisotopic (exact) mass is 255 g/mol. The van der Waals surface area contributed by atoms with Crippen molar-refractivity contribution < 1.29 is 9.53 Å². The molecule has 1 aromatic carbocycles. The van der Waals surface area contributed by atoms with Crippen molar-refractivity contribution in [2.75, 3.05) is 13.2 Å². The lowest BCUT2D eigenvalue weighted by atomic mass is 9.96. The van der Waals surface area contributed by atoms with Crippen LogP contribution in [0.5, 0.6) is 5.75 Å². The molecule has 0 aliphatic heterocycles. The van der Waals surface area contributed by atoms with E-state index in [9.17, 15) is 4.79 Å². The Morgan fingerprint density at radius 1 is 1.29 bits per heavy atom. The van der Waals surface area contributed by atoms with E-state index in [2.05, 4.69) is 5.32 Å². The zero-order valence-corrected chi connectivity index (χ0v) is 11.2. The van der Waals surface area contributed by atoms with Crippen molar-refractivity contribution in [2.24, 2.45) is 5.41 Å². The second-order valence-corrected chi connectivity index (χ2v) is 5.24. The number of nitrogens with one attached hydrogen (secondary N) is 1. The van der Waals surface area contributed by atoms with Crippen LogP contribution in [-0.4, -0.2) is 19.1 Å². The maximum atomic E-state index is 11.5. The molecule has 4 heteroatoms. The highest BCUT2D eigenvalue weighted by molar-refractivity contribution is 6.30. The second-order valence-electron chi connectivity index (χ2n) is 4.81. The molecular weight excluding hydrogens is 238 g/mol. The number of amides is 1. The second kappa shape index (κ2) is 5.92. The first-order chi connectivity index (χ1) is 7.89. The fourth-order valence-corrected chi connectivity index (χ4v) is 1.26. The van der Waals surface area contributed by atoms with Gasteiger partial charge in [-0.2, -0.15) is 0 Å². The lowest BCUT2D eigenvalue weighted by Gasteiger charge is -2.17. The van der Waals surface area contributed by atoms with Crippen molar-refractivity contribution in [2.45, 2.75) is 20.8 Å². The van der Waals surface area contributed by atoms with Crippen molar-refractivity contribution in [1.82, 2.24) is 5.32 Å². The number of carbonyl (C=O) groups is 1. The topological polar surface area (TPSA) is 38.3 Å². The van der Waals surface area contributed by atoms with Crippen LogP contribution in [0.4, 0.5) is 0 Å². The van der Waals surface area contributed by atoms with Crippen molar-refractivity contribution in [3.05, 3.63) is 29.3 Å². The van der Waals surface area contributed by atoms with Gasteiger partial charge in [0.25, 0.3) is 0 Å². The van der Waals surface area contributed by atoms with Gasteiger partial charge in [0.2, 0.25) is 5.91 Å². The van der Waals surface area contributed by atoms with Crippen LogP contribution in [0.3, 0.4) is 0 Å². The third-order valence-corrected chi connectivity index (χ3v) is 2.40.